The zero-order chi connectivity index (χ0) is 20.1. The number of nitrogens with one attached hydrogen (secondary N) is 1. The minimum Gasteiger partial charge on any atom is -0.379 e. The van der Waals surface area contributed by atoms with Crippen molar-refractivity contribution >= 4 is 33.2 Å². The molecule has 150 valence electrons. The second-order valence-corrected chi connectivity index (χ2v) is 9.01. The molecule has 1 fully saturated rings. The number of hydrogen-bond acceptors (Lipinski definition) is 4. The summed E-state index contributed by atoms with van der Waals surface area (Å²) >= 11 is 5.86. The first-order valence-corrected chi connectivity index (χ1v) is 10.9. The second-order valence-electron chi connectivity index (χ2n) is 6.67. The zero-order valence-corrected chi connectivity index (χ0v) is 17.2. The van der Waals surface area contributed by atoms with Gasteiger partial charge in [0.05, 0.1) is 18.1 Å². The van der Waals surface area contributed by atoms with Crippen LogP contribution in [-0.4, -0.2) is 44.9 Å². The molecule has 0 unspecified atom stereocenters. The smallest absolute Gasteiger partial charge is 0.243 e. The van der Waals surface area contributed by atoms with E-state index in [4.69, 9.17) is 16.3 Å². The predicted octanol–water partition coefficient (Wildman–Crippen LogP) is 3.24. The van der Waals surface area contributed by atoms with E-state index >= 15 is 0 Å². The molecule has 1 aliphatic rings. The Morgan fingerprint density at radius 3 is 2.50 bits per heavy atom. The summed E-state index contributed by atoms with van der Waals surface area (Å²) in [5.41, 5.74) is 2.13. The summed E-state index contributed by atoms with van der Waals surface area (Å²) in [7, 11) is -3.62. The summed E-state index contributed by atoms with van der Waals surface area (Å²) in [6, 6.07) is 12.3. The molecule has 0 aliphatic carbocycles. The number of carbonyl (C=O) groups excluding carboxylic acids is 1. The van der Waals surface area contributed by atoms with Crippen LogP contribution in [0.3, 0.4) is 0 Å². The van der Waals surface area contributed by atoms with E-state index in [1.807, 2.05) is 12.1 Å². The fourth-order valence-electron chi connectivity index (χ4n) is 3.01. The highest BCUT2D eigenvalue weighted by Crippen LogP contribution is 2.24. The normalized spacial score (nSPS) is 15.4. The van der Waals surface area contributed by atoms with Gasteiger partial charge in [-0.3, -0.25) is 4.79 Å². The summed E-state index contributed by atoms with van der Waals surface area (Å²) in [5.74, 6) is -0.173. The average Bonchev–Trinajstić information content (AvgIpc) is 2.69. The Hall–Kier alpha value is -1.93. The first-order chi connectivity index (χ1) is 13.4. The first-order valence-electron chi connectivity index (χ1n) is 9.09. The van der Waals surface area contributed by atoms with Crippen molar-refractivity contribution in [3.63, 3.8) is 0 Å². The number of anilines is 1. The molecule has 1 amide bonds. The van der Waals surface area contributed by atoms with Crippen molar-refractivity contribution in [3.05, 3.63) is 58.6 Å². The van der Waals surface area contributed by atoms with Crippen molar-refractivity contribution in [1.82, 2.24) is 4.31 Å². The van der Waals surface area contributed by atoms with Crippen LogP contribution in [0.5, 0.6) is 0 Å². The highest BCUT2D eigenvalue weighted by Gasteiger charge is 2.28. The summed E-state index contributed by atoms with van der Waals surface area (Å²) in [6.45, 7) is 3.19. The van der Waals surface area contributed by atoms with E-state index in [2.05, 4.69) is 5.32 Å². The van der Waals surface area contributed by atoms with E-state index < -0.39 is 10.0 Å². The van der Waals surface area contributed by atoms with Gasteiger partial charge in [-0.05, 0) is 48.7 Å². The molecule has 2 aromatic rings. The average molecular weight is 423 g/mol. The maximum Gasteiger partial charge on any atom is 0.243 e. The van der Waals surface area contributed by atoms with Crippen molar-refractivity contribution in [2.75, 3.05) is 31.6 Å². The molecule has 0 saturated carbocycles. The number of morpholine rings is 1. The highest BCUT2D eigenvalue weighted by atomic mass is 35.5. The van der Waals surface area contributed by atoms with Crippen LogP contribution in [0.2, 0.25) is 5.02 Å². The number of benzene rings is 2. The van der Waals surface area contributed by atoms with Crippen molar-refractivity contribution < 1.29 is 17.9 Å². The summed E-state index contributed by atoms with van der Waals surface area (Å²) in [5, 5.41) is 3.45. The lowest BCUT2D eigenvalue weighted by atomic mass is 10.1. The maximum atomic E-state index is 12.9. The third-order valence-corrected chi connectivity index (χ3v) is 6.91. The largest absolute Gasteiger partial charge is 0.379 e. The summed E-state index contributed by atoms with van der Waals surface area (Å²) in [6.07, 6.45) is 0.870. The van der Waals surface area contributed by atoms with Gasteiger partial charge in [-0.15, -0.1) is 0 Å². The topological polar surface area (TPSA) is 75.7 Å². The molecule has 6 nitrogen and oxygen atoms in total. The molecule has 8 heteroatoms. The van der Waals surface area contributed by atoms with Gasteiger partial charge in [-0.1, -0.05) is 29.8 Å². The van der Waals surface area contributed by atoms with E-state index in [-0.39, 0.29) is 10.8 Å². The van der Waals surface area contributed by atoms with Crippen LogP contribution in [0.25, 0.3) is 0 Å². The molecule has 0 spiro atoms. The molecule has 1 N–H and O–H groups in total. The number of aryl methyl sites for hydroxylation is 2. The molecular weight excluding hydrogens is 400 g/mol. The van der Waals surface area contributed by atoms with Gasteiger partial charge < -0.3 is 10.1 Å². The molecule has 1 saturated heterocycles. The number of amides is 1. The van der Waals surface area contributed by atoms with Crippen LogP contribution in [0.4, 0.5) is 5.69 Å². The lowest BCUT2D eigenvalue weighted by molar-refractivity contribution is -0.116. The maximum absolute atomic E-state index is 12.9. The Bertz CT molecular complexity index is 939. The molecule has 0 bridgehead atoms. The Morgan fingerprint density at radius 1 is 1.14 bits per heavy atom. The first kappa shape index (κ1) is 20.8. The standard InChI is InChI=1S/C20H23ClN2O4S/c1-15-2-8-18(14-19(15)28(25,26)23-10-12-27-13-11-23)22-20(24)9-5-16-3-6-17(21)7-4-16/h2-4,6-8,14H,5,9-13H2,1H3,(H,22,24). The van der Waals surface area contributed by atoms with Gasteiger partial charge >= 0.3 is 0 Å². The quantitative estimate of drug-likeness (QED) is 0.775. The summed E-state index contributed by atoms with van der Waals surface area (Å²) in [4.78, 5) is 12.5. The second kappa shape index (κ2) is 9.05. The molecule has 0 atom stereocenters. The zero-order valence-electron chi connectivity index (χ0n) is 15.7. The minimum absolute atomic E-state index is 0.173. The van der Waals surface area contributed by atoms with E-state index in [9.17, 15) is 13.2 Å². The molecule has 0 aromatic heterocycles. The SMILES string of the molecule is Cc1ccc(NC(=O)CCc2ccc(Cl)cc2)cc1S(=O)(=O)N1CCOCC1. The van der Waals surface area contributed by atoms with Gasteiger partial charge in [0.1, 0.15) is 0 Å². The van der Waals surface area contributed by atoms with E-state index in [0.29, 0.717) is 55.4 Å². The van der Waals surface area contributed by atoms with Crippen molar-refractivity contribution in [2.45, 2.75) is 24.7 Å². The van der Waals surface area contributed by atoms with Crippen LogP contribution in [0, 0.1) is 6.92 Å². The van der Waals surface area contributed by atoms with Gasteiger partial charge in [-0.25, -0.2) is 8.42 Å². The van der Waals surface area contributed by atoms with Crippen LogP contribution in [0.15, 0.2) is 47.4 Å². The predicted molar refractivity (Wildman–Crippen MR) is 109 cm³/mol. The number of hydrogen-bond donors (Lipinski definition) is 1. The van der Waals surface area contributed by atoms with Gasteiger partial charge in [0, 0.05) is 30.2 Å². The monoisotopic (exact) mass is 422 g/mol. The van der Waals surface area contributed by atoms with Crippen molar-refractivity contribution in [1.29, 1.82) is 0 Å². The van der Waals surface area contributed by atoms with Crippen molar-refractivity contribution in [2.24, 2.45) is 0 Å². The molecule has 0 radical (unpaired) electrons. The lowest BCUT2D eigenvalue weighted by Crippen LogP contribution is -2.40. The van der Waals surface area contributed by atoms with Gasteiger partial charge in [-0.2, -0.15) is 4.31 Å². The van der Waals surface area contributed by atoms with Gasteiger partial charge in [0.15, 0.2) is 0 Å². The Balaban J connectivity index is 1.68. The Morgan fingerprint density at radius 2 is 1.82 bits per heavy atom. The van der Waals surface area contributed by atoms with Crippen LogP contribution in [-0.2, 0) is 26.0 Å². The number of nitrogens with zero attached hydrogens (tertiary/aromatic N) is 1. The minimum atomic E-state index is -3.62. The van der Waals surface area contributed by atoms with Crippen molar-refractivity contribution in [3.8, 4) is 0 Å². The van der Waals surface area contributed by atoms with Gasteiger partial charge in [0.2, 0.25) is 15.9 Å². The Kier molecular flexibility index (Phi) is 6.72. The Labute approximate surface area is 170 Å². The lowest BCUT2D eigenvalue weighted by Gasteiger charge is -2.26. The third-order valence-electron chi connectivity index (χ3n) is 4.61. The van der Waals surface area contributed by atoms with E-state index in [1.165, 1.54) is 10.4 Å². The summed E-state index contributed by atoms with van der Waals surface area (Å²) < 4.78 is 32.5. The molecular formula is C20H23ClN2O4S. The van der Waals surface area contributed by atoms with E-state index in [0.717, 1.165) is 5.56 Å². The number of ether oxygens (including phenoxy) is 1. The fourth-order valence-corrected chi connectivity index (χ4v) is 4.80. The molecule has 1 aliphatic heterocycles. The number of rotatable bonds is 6. The molecule has 1 heterocycles. The fraction of sp³-hybridized carbons (Fsp3) is 0.350. The number of carbonyl (C=O) groups is 1. The van der Waals surface area contributed by atoms with Crippen LogP contribution < -0.4 is 5.32 Å². The highest BCUT2D eigenvalue weighted by molar-refractivity contribution is 7.89. The van der Waals surface area contributed by atoms with Crippen LogP contribution in [0.1, 0.15) is 17.5 Å². The molecule has 3 rings (SSSR count). The molecule has 28 heavy (non-hydrogen) atoms. The third kappa shape index (κ3) is 5.11. The number of sulfonamides is 1. The number of halogens is 1. The van der Waals surface area contributed by atoms with Gasteiger partial charge in [0.25, 0.3) is 0 Å². The molecule has 2 aromatic carbocycles. The van der Waals surface area contributed by atoms with Crippen LogP contribution >= 0.6 is 11.6 Å². The van der Waals surface area contributed by atoms with E-state index in [1.54, 1.807) is 31.2 Å².